The molecule has 1 aromatic carbocycles. The second-order valence-corrected chi connectivity index (χ2v) is 8.42. The molecule has 8 heteroatoms. The molecule has 1 heterocycles. The molecular weight excluding hydrogens is 332 g/mol. The van der Waals surface area contributed by atoms with Crippen molar-refractivity contribution in [1.29, 1.82) is 0 Å². The summed E-state index contributed by atoms with van der Waals surface area (Å²) >= 11 is 0. The average molecular weight is 348 g/mol. The lowest BCUT2D eigenvalue weighted by Gasteiger charge is -2.23. The third-order valence-corrected chi connectivity index (χ3v) is 7.23. The number of nitro benzene ring substituents is 1. The van der Waals surface area contributed by atoms with Crippen LogP contribution in [0.1, 0.15) is 19.3 Å². The van der Waals surface area contributed by atoms with Gasteiger partial charge in [-0.25, -0.2) is 8.42 Å². The fourth-order valence-corrected chi connectivity index (χ4v) is 5.90. The lowest BCUT2D eigenvalue weighted by molar-refractivity contribution is -0.384. The van der Waals surface area contributed by atoms with Crippen LogP contribution in [0, 0.1) is 22.0 Å². The van der Waals surface area contributed by atoms with Gasteiger partial charge in [0.15, 0.2) is 0 Å². The highest BCUT2D eigenvalue weighted by Crippen LogP contribution is 2.49. The van der Waals surface area contributed by atoms with Crippen LogP contribution in [0.4, 0.5) is 5.69 Å². The number of nitro groups is 1. The first kappa shape index (κ1) is 15.5. The number of Topliss-reactive ketones (excluding diaryl/α,β-unsaturated/α-hetero) is 1. The van der Waals surface area contributed by atoms with Gasteiger partial charge in [-0.15, -0.1) is 0 Å². The molecule has 1 aliphatic heterocycles. The first-order chi connectivity index (χ1) is 11.4. The number of benzene rings is 1. The van der Waals surface area contributed by atoms with E-state index in [1.165, 1.54) is 28.6 Å². The second-order valence-electron chi connectivity index (χ2n) is 6.53. The monoisotopic (exact) mass is 348 g/mol. The zero-order chi connectivity index (χ0) is 17.1. The number of carbonyl (C=O) groups excluding carboxylic acids is 1. The van der Waals surface area contributed by atoms with E-state index in [1.807, 2.05) is 0 Å². The van der Waals surface area contributed by atoms with Gasteiger partial charge < -0.3 is 0 Å². The molecule has 0 aromatic heterocycles. The van der Waals surface area contributed by atoms with Gasteiger partial charge in [-0.1, -0.05) is 11.6 Å². The summed E-state index contributed by atoms with van der Waals surface area (Å²) in [6.45, 7) is 0.318. The van der Waals surface area contributed by atoms with Crippen LogP contribution in [-0.2, 0) is 14.8 Å². The highest BCUT2D eigenvalue weighted by molar-refractivity contribution is 7.89. The summed E-state index contributed by atoms with van der Waals surface area (Å²) in [5.74, 6) is 0.116. The molecule has 3 atom stereocenters. The first-order valence-corrected chi connectivity index (χ1v) is 9.31. The summed E-state index contributed by atoms with van der Waals surface area (Å²) in [6, 6.07) is 4.60. The normalized spacial score (nSPS) is 29.4. The Morgan fingerprint density at radius 2 is 1.92 bits per heavy atom. The van der Waals surface area contributed by atoms with Gasteiger partial charge >= 0.3 is 0 Å². The molecule has 1 aromatic rings. The number of allylic oxidation sites excluding steroid dienone is 1. The van der Waals surface area contributed by atoms with Crippen LogP contribution in [-0.4, -0.2) is 36.0 Å². The summed E-state index contributed by atoms with van der Waals surface area (Å²) in [7, 11) is -3.78. The van der Waals surface area contributed by atoms with Gasteiger partial charge in [0.05, 0.1) is 9.82 Å². The van der Waals surface area contributed by atoms with Gasteiger partial charge in [0, 0.05) is 43.0 Å². The van der Waals surface area contributed by atoms with E-state index in [1.54, 1.807) is 0 Å². The maximum absolute atomic E-state index is 13.0. The van der Waals surface area contributed by atoms with Gasteiger partial charge in [-0.3, -0.25) is 14.9 Å². The third kappa shape index (κ3) is 2.13. The van der Waals surface area contributed by atoms with Gasteiger partial charge in [-0.05, 0) is 25.0 Å². The Balaban J connectivity index is 1.70. The molecule has 2 fully saturated rings. The van der Waals surface area contributed by atoms with Crippen molar-refractivity contribution in [3.63, 3.8) is 0 Å². The van der Waals surface area contributed by atoms with Crippen molar-refractivity contribution < 1.29 is 18.1 Å². The molecule has 0 radical (unpaired) electrons. The summed E-state index contributed by atoms with van der Waals surface area (Å²) in [4.78, 5) is 22.4. The van der Waals surface area contributed by atoms with Crippen molar-refractivity contribution in [2.24, 2.45) is 11.8 Å². The summed E-state index contributed by atoms with van der Waals surface area (Å²) in [5.41, 5.74) is 0.899. The molecule has 3 aliphatic rings. The number of carbonyl (C=O) groups is 1. The Morgan fingerprint density at radius 1 is 1.21 bits per heavy atom. The standard InChI is InChI=1S/C16H16N2O5S/c19-15-8-14-16-10(2-1-3-13(15)16)9-17(14)24(22,23)12-6-4-11(5-7-12)18(20)21/h2,4-7,13-14,16H,1,3,8-9H2/t13-,14+,16-/m1/s1. The fraction of sp³-hybridized carbons (Fsp3) is 0.438. The number of hydrogen-bond donors (Lipinski definition) is 0. The number of non-ortho nitro benzene ring substituents is 1. The molecule has 0 bridgehead atoms. The number of rotatable bonds is 3. The Kier molecular flexibility index (Phi) is 3.36. The summed E-state index contributed by atoms with van der Waals surface area (Å²) in [5, 5.41) is 10.7. The van der Waals surface area contributed by atoms with Crippen molar-refractivity contribution in [2.45, 2.75) is 30.2 Å². The summed E-state index contributed by atoms with van der Waals surface area (Å²) in [6.07, 6.45) is 3.95. The fourth-order valence-electron chi connectivity index (χ4n) is 4.27. The molecule has 2 aliphatic carbocycles. The highest BCUT2D eigenvalue weighted by Gasteiger charge is 2.54. The lowest BCUT2D eigenvalue weighted by Crippen LogP contribution is -2.36. The van der Waals surface area contributed by atoms with Crippen LogP contribution in [0.15, 0.2) is 40.8 Å². The summed E-state index contributed by atoms with van der Waals surface area (Å²) < 4.78 is 27.4. The Hall–Kier alpha value is -2.06. The molecule has 4 rings (SSSR count). The van der Waals surface area contributed by atoms with Gasteiger partial charge in [0.25, 0.3) is 5.69 Å². The van der Waals surface area contributed by atoms with E-state index in [0.717, 1.165) is 18.4 Å². The van der Waals surface area contributed by atoms with Crippen molar-refractivity contribution >= 4 is 21.5 Å². The highest BCUT2D eigenvalue weighted by atomic mass is 32.2. The topological polar surface area (TPSA) is 97.6 Å². The number of sulfonamides is 1. The first-order valence-electron chi connectivity index (χ1n) is 7.87. The Labute approximate surface area is 139 Å². The van der Waals surface area contributed by atoms with Crippen LogP contribution in [0.3, 0.4) is 0 Å². The van der Waals surface area contributed by atoms with Gasteiger partial charge in [0.1, 0.15) is 5.78 Å². The van der Waals surface area contributed by atoms with Gasteiger partial charge in [0.2, 0.25) is 10.0 Å². The SMILES string of the molecule is O=C1C[C@H]2[C@@H]3C(=CCC[C@H]13)CN2S(=O)(=O)c1ccc([N+](=O)[O-])cc1. The molecule has 126 valence electrons. The molecule has 1 saturated heterocycles. The Bertz CT molecular complexity index is 859. The molecule has 0 amide bonds. The van der Waals surface area contributed by atoms with Crippen molar-refractivity contribution in [3.05, 3.63) is 46.0 Å². The number of nitrogens with zero attached hydrogens (tertiary/aromatic N) is 2. The second kappa shape index (κ2) is 5.22. The third-order valence-electron chi connectivity index (χ3n) is 5.35. The van der Waals surface area contributed by atoms with E-state index in [9.17, 15) is 23.3 Å². The predicted octanol–water partition coefficient (Wildman–Crippen LogP) is 1.89. The molecular formula is C16H16N2O5S. The predicted molar refractivity (Wildman–Crippen MR) is 84.7 cm³/mol. The number of ketones is 1. The quantitative estimate of drug-likeness (QED) is 0.472. The van der Waals surface area contributed by atoms with E-state index in [-0.39, 0.29) is 40.7 Å². The molecule has 0 unspecified atom stereocenters. The molecule has 7 nitrogen and oxygen atoms in total. The Morgan fingerprint density at radius 3 is 2.58 bits per heavy atom. The zero-order valence-corrected chi connectivity index (χ0v) is 13.6. The maximum atomic E-state index is 13.0. The maximum Gasteiger partial charge on any atom is 0.269 e. The minimum absolute atomic E-state index is 0.0130. The van der Waals surface area contributed by atoms with Crippen molar-refractivity contribution in [2.75, 3.05) is 6.54 Å². The molecule has 1 saturated carbocycles. The molecule has 24 heavy (non-hydrogen) atoms. The zero-order valence-electron chi connectivity index (χ0n) is 12.8. The van der Waals surface area contributed by atoms with Crippen LogP contribution in [0.25, 0.3) is 0 Å². The number of hydrogen-bond acceptors (Lipinski definition) is 5. The molecule has 0 spiro atoms. The van der Waals surface area contributed by atoms with E-state index in [4.69, 9.17) is 0 Å². The van der Waals surface area contributed by atoms with Crippen molar-refractivity contribution in [3.8, 4) is 0 Å². The van der Waals surface area contributed by atoms with Crippen LogP contribution < -0.4 is 0 Å². The smallest absolute Gasteiger partial charge is 0.269 e. The van der Waals surface area contributed by atoms with E-state index < -0.39 is 14.9 Å². The molecule has 0 N–H and O–H groups in total. The van der Waals surface area contributed by atoms with E-state index in [2.05, 4.69) is 6.08 Å². The minimum atomic E-state index is -3.78. The van der Waals surface area contributed by atoms with E-state index in [0.29, 0.717) is 6.54 Å². The van der Waals surface area contributed by atoms with Crippen LogP contribution in [0.2, 0.25) is 0 Å². The van der Waals surface area contributed by atoms with Crippen LogP contribution in [0.5, 0.6) is 0 Å². The lowest BCUT2D eigenvalue weighted by atomic mass is 9.81. The average Bonchev–Trinajstić information content (AvgIpc) is 3.10. The van der Waals surface area contributed by atoms with Gasteiger partial charge in [-0.2, -0.15) is 4.31 Å². The minimum Gasteiger partial charge on any atom is -0.299 e. The van der Waals surface area contributed by atoms with E-state index >= 15 is 0 Å². The van der Waals surface area contributed by atoms with Crippen LogP contribution >= 0.6 is 0 Å². The van der Waals surface area contributed by atoms with Crippen molar-refractivity contribution in [1.82, 2.24) is 4.31 Å². The largest absolute Gasteiger partial charge is 0.299 e.